The van der Waals surface area contributed by atoms with Gasteiger partial charge in [0.2, 0.25) is 0 Å². The lowest BCUT2D eigenvalue weighted by molar-refractivity contribution is 0.310. The molecule has 0 atom stereocenters. The van der Waals surface area contributed by atoms with Crippen molar-refractivity contribution < 1.29 is 0 Å². The first-order valence-corrected chi connectivity index (χ1v) is 4.86. The van der Waals surface area contributed by atoms with E-state index in [0.29, 0.717) is 0 Å². The summed E-state index contributed by atoms with van der Waals surface area (Å²) in [5, 5.41) is 0. The molecule has 2 heteroatoms. The van der Waals surface area contributed by atoms with Crippen LogP contribution in [0.5, 0.6) is 0 Å². The minimum atomic E-state index is 0.759. The molecule has 0 aromatic heterocycles. The van der Waals surface area contributed by atoms with E-state index in [9.17, 15) is 0 Å². The Balaban J connectivity index is 2.29. The van der Waals surface area contributed by atoms with Gasteiger partial charge >= 0.3 is 0 Å². The molecule has 64 valence electrons. The monoisotopic (exact) mass is 173 g/mol. The summed E-state index contributed by atoms with van der Waals surface area (Å²) in [5.74, 6) is 0.759. The molecule has 0 spiro atoms. The topological polar surface area (TPSA) is 3.24 Å². The summed E-state index contributed by atoms with van der Waals surface area (Å²) in [7, 11) is 0. The second-order valence-corrected chi connectivity index (χ2v) is 3.33. The molecule has 0 fully saturated rings. The van der Waals surface area contributed by atoms with Crippen molar-refractivity contribution in [3.63, 3.8) is 0 Å². The predicted molar refractivity (Wildman–Crippen MR) is 50.2 cm³/mol. The quantitative estimate of drug-likeness (QED) is 0.468. The average Bonchev–Trinajstić information content (AvgIpc) is 2.07. The highest BCUT2D eigenvalue weighted by atomic mass is 35.5. The zero-order valence-electron chi connectivity index (χ0n) is 7.15. The van der Waals surface area contributed by atoms with E-state index in [1.807, 2.05) is 0 Å². The Hall–Kier alpha value is -0.0100. The molecule has 0 aromatic rings. The molecule has 0 saturated heterocycles. The maximum Gasteiger partial charge on any atom is 0.0351 e. The smallest absolute Gasteiger partial charge is 0.0351 e. The first-order valence-electron chi connectivity index (χ1n) is 4.33. The Morgan fingerprint density at radius 3 is 2.91 bits per heavy atom. The van der Waals surface area contributed by atoms with E-state index < -0.39 is 0 Å². The third-order valence-corrected chi connectivity index (χ3v) is 2.41. The molecule has 0 aromatic carbocycles. The van der Waals surface area contributed by atoms with Gasteiger partial charge in [-0.2, -0.15) is 0 Å². The van der Waals surface area contributed by atoms with Gasteiger partial charge in [-0.1, -0.05) is 18.6 Å². The van der Waals surface area contributed by atoms with Crippen LogP contribution in [0.1, 0.15) is 19.8 Å². The van der Waals surface area contributed by atoms with Crippen molar-refractivity contribution >= 4 is 11.6 Å². The van der Waals surface area contributed by atoms with Crippen molar-refractivity contribution in [1.29, 1.82) is 0 Å². The number of halogens is 1. The van der Waals surface area contributed by atoms with Crippen LogP contribution in [-0.2, 0) is 0 Å². The fourth-order valence-corrected chi connectivity index (χ4v) is 1.64. The molecular weight excluding hydrogens is 158 g/mol. The molecule has 11 heavy (non-hydrogen) atoms. The van der Waals surface area contributed by atoms with E-state index in [1.165, 1.54) is 19.4 Å². The second-order valence-electron chi connectivity index (χ2n) is 2.96. The molecule has 0 saturated carbocycles. The molecular formula is C9H16ClN. The van der Waals surface area contributed by atoms with E-state index in [0.717, 1.165) is 19.0 Å². The van der Waals surface area contributed by atoms with Crippen molar-refractivity contribution in [2.75, 3.05) is 25.5 Å². The van der Waals surface area contributed by atoms with E-state index in [1.54, 1.807) is 5.57 Å². The van der Waals surface area contributed by atoms with Gasteiger partial charge in [0.1, 0.15) is 0 Å². The van der Waals surface area contributed by atoms with Crippen LogP contribution in [0.15, 0.2) is 11.6 Å². The molecule has 1 heterocycles. The van der Waals surface area contributed by atoms with Gasteiger partial charge in [0, 0.05) is 25.5 Å². The van der Waals surface area contributed by atoms with Crippen molar-refractivity contribution in [2.45, 2.75) is 19.8 Å². The molecule has 1 aliphatic rings. The zero-order valence-corrected chi connectivity index (χ0v) is 7.90. The molecule has 0 radical (unpaired) electrons. The first kappa shape index (κ1) is 9.08. The molecule has 1 nitrogen and oxygen atoms in total. The molecule has 0 aliphatic carbocycles. The highest BCUT2D eigenvalue weighted by Gasteiger charge is 2.08. The number of hydrogen-bond acceptors (Lipinski definition) is 1. The Kier molecular flexibility index (Phi) is 3.95. The molecule has 0 amide bonds. The predicted octanol–water partition coefficient (Wildman–Crippen LogP) is 2.27. The van der Waals surface area contributed by atoms with Gasteiger partial charge in [0.05, 0.1) is 0 Å². The van der Waals surface area contributed by atoms with Crippen LogP contribution in [0.3, 0.4) is 0 Å². The lowest BCUT2D eigenvalue weighted by Crippen LogP contribution is -2.30. The Morgan fingerprint density at radius 1 is 1.64 bits per heavy atom. The lowest BCUT2D eigenvalue weighted by Gasteiger charge is -2.24. The van der Waals surface area contributed by atoms with Gasteiger partial charge in [-0.3, -0.25) is 4.90 Å². The largest absolute Gasteiger partial charge is 0.298 e. The van der Waals surface area contributed by atoms with Gasteiger partial charge in [-0.05, 0) is 12.8 Å². The van der Waals surface area contributed by atoms with Crippen molar-refractivity contribution in [3.8, 4) is 0 Å². The molecule has 0 bridgehead atoms. The number of hydrogen-bond donors (Lipinski definition) is 0. The fourth-order valence-electron chi connectivity index (χ4n) is 1.40. The Labute approximate surface area is 74.0 Å². The molecule has 1 rings (SSSR count). The van der Waals surface area contributed by atoms with Crippen molar-refractivity contribution in [3.05, 3.63) is 11.6 Å². The summed E-state index contributed by atoms with van der Waals surface area (Å²) in [5.41, 5.74) is 1.61. The summed E-state index contributed by atoms with van der Waals surface area (Å²) in [6, 6.07) is 0. The van der Waals surface area contributed by atoms with Crippen LogP contribution >= 0.6 is 11.6 Å². The Morgan fingerprint density at radius 2 is 2.45 bits per heavy atom. The van der Waals surface area contributed by atoms with Crippen molar-refractivity contribution in [2.24, 2.45) is 0 Å². The summed E-state index contributed by atoms with van der Waals surface area (Å²) in [6.45, 7) is 5.57. The first-order chi connectivity index (χ1) is 5.36. The molecule has 0 unspecified atom stereocenters. The second kappa shape index (κ2) is 4.78. The van der Waals surface area contributed by atoms with E-state index in [4.69, 9.17) is 11.6 Å². The number of nitrogens with zero attached hydrogens (tertiary/aromatic N) is 1. The van der Waals surface area contributed by atoms with Crippen LogP contribution in [0.4, 0.5) is 0 Å². The maximum atomic E-state index is 5.64. The summed E-state index contributed by atoms with van der Waals surface area (Å²) in [4.78, 5) is 2.40. The van der Waals surface area contributed by atoms with Gasteiger partial charge in [0.15, 0.2) is 0 Å². The third-order valence-electron chi connectivity index (χ3n) is 2.24. The highest BCUT2D eigenvalue weighted by molar-refractivity contribution is 6.18. The zero-order chi connectivity index (χ0) is 8.10. The molecule has 1 aliphatic heterocycles. The highest BCUT2D eigenvalue weighted by Crippen LogP contribution is 2.12. The summed E-state index contributed by atoms with van der Waals surface area (Å²) >= 11 is 5.64. The maximum absolute atomic E-state index is 5.64. The minimum absolute atomic E-state index is 0.759. The normalized spacial score (nSPS) is 20.0. The van der Waals surface area contributed by atoms with Crippen LogP contribution < -0.4 is 0 Å². The standard InChI is InChI=1S/C9H16ClN/c1-2-9-3-6-11(7-4-9)8-5-10/h3H,2,4-8H2,1H3. The van der Waals surface area contributed by atoms with Crippen LogP contribution in [0.25, 0.3) is 0 Å². The van der Waals surface area contributed by atoms with Gasteiger partial charge in [-0.15, -0.1) is 11.6 Å². The van der Waals surface area contributed by atoms with Crippen LogP contribution in [-0.4, -0.2) is 30.4 Å². The fraction of sp³-hybridized carbons (Fsp3) is 0.778. The summed E-state index contributed by atoms with van der Waals surface area (Å²) < 4.78 is 0. The van der Waals surface area contributed by atoms with Crippen LogP contribution in [0, 0.1) is 0 Å². The van der Waals surface area contributed by atoms with Crippen molar-refractivity contribution in [1.82, 2.24) is 4.90 Å². The van der Waals surface area contributed by atoms with E-state index >= 15 is 0 Å². The third kappa shape index (κ3) is 2.84. The van der Waals surface area contributed by atoms with Gasteiger partial charge in [-0.25, -0.2) is 0 Å². The number of alkyl halides is 1. The average molecular weight is 174 g/mol. The van der Waals surface area contributed by atoms with Gasteiger partial charge < -0.3 is 0 Å². The van der Waals surface area contributed by atoms with Crippen LogP contribution in [0.2, 0.25) is 0 Å². The minimum Gasteiger partial charge on any atom is -0.298 e. The summed E-state index contributed by atoms with van der Waals surface area (Å²) in [6.07, 6.45) is 4.80. The Bertz CT molecular complexity index is 142. The SMILES string of the molecule is CCC1=CCN(CCCl)CC1. The lowest BCUT2D eigenvalue weighted by atomic mass is 10.1. The van der Waals surface area contributed by atoms with E-state index in [-0.39, 0.29) is 0 Å². The van der Waals surface area contributed by atoms with Gasteiger partial charge in [0.25, 0.3) is 0 Å². The van der Waals surface area contributed by atoms with E-state index in [2.05, 4.69) is 17.9 Å². The molecule has 0 N–H and O–H groups in total. The number of rotatable bonds is 3.